The van der Waals surface area contributed by atoms with Crippen molar-refractivity contribution in [3.63, 3.8) is 0 Å². The predicted molar refractivity (Wildman–Crippen MR) is 177 cm³/mol. The molecule has 3 nitrogen and oxygen atoms in total. The fraction of sp³-hybridized carbons (Fsp3) is 0.0750. The van der Waals surface area contributed by atoms with Gasteiger partial charge >= 0.3 is 0 Å². The summed E-state index contributed by atoms with van der Waals surface area (Å²) >= 11 is 0. The van der Waals surface area contributed by atoms with E-state index in [2.05, 4.69) is 122 Å². The molecule has 0 radical (unpaired) electrons. The van der Waals surface area contributed by atoms with Crippen molar-refractivity contribution in [2.24, 2.45) is 0 Å². The maximum absolute atomic E-state index is 6.15. The minimum absolute atomic E-state index is 0.0216. The molecule has 1 heterocycles. The van der Waals surface area contributed by atoms with Crippen LogP contribution in [-0.2, 0) is 5.41 Å². The average molecular weight is 555 g/mol. The highest BCUT2D eigenvalue weighted by Crippen LogP contribution is 2.50. The molecule has 43 heavy (non-hydrogen) atoms. The third-order valence-corrected chi connectivity index (χ3v) is 8.72. The molecule has 206 valence electrons. The molecule has 7 aromatic rings. The first-order chi connectivity index (χ1) is 21.1. The molecule has 0 spiro atoms. The first-order valence-corrected chi connectivity index (χ1v) is 14.7. The van der Waals surface area contributed by atoms with Gasteiger partial charge in [-0.05, 0) is 82.4 Å². The Morgan fingerprint density at radius 1 is 0.512 bits per heavy atom. The summed E-state index contributed by atoms with van der Waals surface area (Å²) in [5.74, 6) is 0.635. The molecule has 0 atom stereocenters. The molecule has 0 unspecified atom stereocenters. The van der Waals surface area contributed by atoms with Crippen molar-refractivity contribution < 1.29 is 4.42 Å². The van der Waals surface area contributed by atoms with Crippen molar-refractivity contribution in [1.29, 1.82) is 0 Å². The summed E-state index contributed by atoms with van der Waals surface area (Å²) in [4.78, 5) is 7.23. The van der Waals surface area contributed by atoms with Crippen molar-refractivity contribution in [2.45, 2.75) is 19.3 Å². The summed E-state index contributed by atoms with van der Waals surface area (Å²) in [6, 6.07) is 51.3. The molecular formula is C40H30N2O. The first-order valence-electron chi connectivity index (χ1n) is 14.7. The Bertz CT molecular complexity index is 2090. The number of oxazole rings is 1. The second-order valence-electron chi connectivity index (χ2n) is 11.7. The van der Waals surface area contributed by atoms with Gasteiger partial charge in [0.2, 0.25) is 5.89 Å². The Balaban J connectivity index is 1.21. The fourth-order valence-electron chi connectivity index (χ4n) is 6.55. The lowest BCUT2D eigenvalue weighted by molar-refractivity contribution is 0.620. The molecule has 1 aromatic heterocycles. The van der Waals surface area contributed by atoms with Crippen LogP contribution in [0.4, 0.5) is 17.1 Å². The van der Waals surface area contributed by atoms with Gasteiger partial charge in [0.15, 0.2) is 5.58 Å². The van der Waals surface area contributed by atoms with Gasteiger partial charge in [0, 0.05) is 33.6 Å². The number of nitrogens with zero attached hydrogens (tertiary/aromatic N) is 2. The molecule has 0 fully saturated rings. The Morgan fingerprint density at radius 3 is 1.93 bits per heavy atom. The van der Waals surface area contributed by atoms with Crippen LogP contribution in [0.1, 0.15) is 25.0 Å². The topological polar surface area (TPSA) is 29.3 Å². The van der Waals surface area contributed by atoms with Gasteiger partial charge in [0.1, 0.15) is 5.52 Å². The number of hydrogen-bond acceptors (Lipinski definition) is 3. The van der Waals surface area contributed by atoms with Gasteiger partial charge in [-0.2, -0.15) is 0 Å². The predicted octanol–water partition coefficient (Wildman–Crippen LogP) is 10.9. The maximum Gasteiger partial charge on any atom is 0.227 e. The molecule has 0 N–H and O–H groups in total. The van der Waals surface area contributed by atoms with Crippen LogP contribution >= 0.6 is 0 Å². The van der Waals surface area contributed by atoms with Gasteiger partial charge in [-0.1, -0.05) is 105 Å². The lowest BCUT2D eigenvalue weighted by atomic mass is 9.82. The van der Waals surface area contributed by atoms with Crippen LogP contribution < -0.4 is 4.90 Å². The SMILES string of the molecule is CC1(C)c2ccccc2-c2cc(N(c3ccccc3)c3ccc(-c4cccc5oc(-c6ccccc6)nc45)cc3)ccc21. The zero-order valence-electron chi connectivity index (χ0n) is 24.2. The van der Waals surface area contributed by atoms with Gasteiger partial charge in [-0.25, -0.2) is 4.98 Å². The molecule has 6 aromatic carbocycles. The molecule has 0 aliphatic heterocycles. The van der Waals surface area contributed by atoms with Gasteiger partial charge in [0.05, 0.1) is 0 Å². The number of aromatic nitrogens is 1. The van der Waals surface area contributed by atoms with Crippen LogP contribution in [0.3, 0.4) is 0 Å². The summed E-state index contributed by atoms with van der Waals surface area (Å²) in [5.41, 5.74) is 13.5. The summed E-state index contributed by atoms with van der Waals surface area (Å²) in [6.45, 7) is 4.65. The van der Waals surface area contributed by atoms with E-state index in [1.54, 1.807) is 0 Å². The van der Waals surface area contributed by atoms with Gasteiger partial charge in [-0.15, -0.1) is 0 Å². The van der Waals surface area contributed by atoms with Crippen molar-refractivity contribution in [2.75, 3.05) is 4.90 Å². The lowest BCUT2D eigenvalue weighted by Gasteiger charge is -2.27. The second-order valence-corrected chi connectivity index (χ2v) is 11.7. The van der Waals surface area contributed by atoms with Gasteiger partial charge < -0.3 is 9.32 Å². The fourth-order valence-corrected chi connectivity index (χ4v) is 6.55. The molecule has 0 saturated carbocycles. The summed E-state index contributed by atoms with van der Waals surface area (Å²) in [7, 11) is 0. The van der Waals surface area contributed by atoms with E-state index in [-0.39, 0.29) is 5.41 Å². The van der Waals surface area contributed by atoms with E-state index >= 15 is 0 Å². The maximum atomic E-state index is 6.15. The highest BCUT2D eigenvalue weighted by atomic mass is 16.3. The molecule has 0 bridgehead atoms. The first kappa shape index (κ1) is 25.3. The molecule has 1 aliphatic rings. The molecular weight excluding hydrogens is 524 g/mol. The average Bonchev–Trinajstić information content (AvgIpc) is 3.60. The van der Waals surface area contributed by atoms with Crippen LogP contribution in [0.5, 0.6) is 0 Å². The van der Waals surface area contributed by atoms with Crippen LogP contribution in [0.2, 0.25) is 0 Å². The minimum atomic E-state index is -0.0216. The van der Waals surface area contributed by atoms with Gasteiger partial charge in [0.25, 0.3) is 0 Å². The van der Waals surface area contributed by atoms with Crippen LogP contribution in [0, 0.1) is 0 Å². The van der Waals surface area contributed by atoms with E-state index in [1.807, 2.05) is 42.5 Å². The Morgan fingerprint density at radius 2 is 1.14 bits per heavy atom. The number of anilines is 3. The van der Waals surface area contributed by atoms with Crippen LogP contribution in [0.15, 0.2) is 150 Å². The Kier molecular flexibility index (Phi) is 5.80. The minimum Gasteiger partial charge on any atom is -0.436 e. The van der Waals surface area contributed by atoms with Crippen molar-refractivity contribution in [1.82, 2.24) is 4.98 Å². The standard InChI is InChI=1S/C40H30N2O/c1-40(2)35-18-10-9-16-33(35)34-26-31(24-25-36(34)40)42(29-14-7-4-8-15-29)30-22-20-27(21-23-30)32-17-11-19-37-38(32)41-39(43-37)28-12-5-3-6-13-28/h3-26H,1-2H3. The highest BCUT2D eigenvalue weighted by Gasteiger charge is 2.35. The van der Waals surface area contributed by atoms with E-state index in [1.165, 1.54) is 22.3 Å². The molecule has 8 rings (SSSR count). The van der Waals surface area contributed by atoms with E-state index < -0.39 is 0 Å². The monoisotopic (exact) mass is 554 g/mol. The van der Waals surface area contributed by atoms with Crippen LogP contribution in [-0.4, -0.2) is 4.98 Å². The number of hydrogen-bond donors (Lipinski definition) is 0. The molecule has 0 saturated heterocycles. The second kappa shape index (κ2) is 9.85. The molecule has 0 amide bonds. The third-order valence-electron chi connectivity index (χ3n) is 8.72. The van der Waals surface area contributed by atoms with Crippen molar-refractivity contribution >= 4 is 28.2 Å². The lowest BCUT2D eigenvalue weighted by Crippen LogP contribution is -2.15. The summed E-state index contributed by atoms with van der Waals surface area (Å²) in [6.07, 6.45) is 0. The van der Waals surface area contributed by atoms with E-state index in [9.17, 15) is 0 Å². The number of para-hydroxylation sites is 2. The van der Waals surface area contributed by atoms with E-state index in [0.29, 0.717) is 5.89 Å². The zero-order valence-corrected chi connectivity index (χ0v) is 24.2. The molecule has 3 heteroatoms. The quantitative estimate of drug-likeness (QED) is 0.212. The largest absolute Gasteiger partial charge is 0.436 e. The van der Waals surface area contributed by atoms with E-state index in [0.717, 1.165) is 44.9 Å². The number of rotatable bonds is 5. The summed E-state index contributed by atoms with van der Waals surface area (Å²) in [5, 5.41) is 0. The van der Waals surface area contributed by atoms with E-state index in [4.69, 9.17) is 9.40 Å². The van der Waals surface area contributed by atoms with Crippen LogP contribution in [0.25, 0.3) is 44.8 Å². The third kappa shape index (κ3) is 4.16. The smallest absolute Gasteiger partial charge is 0.227 e. The number of benzene rings is 6. The Hall–Kier alpha value is -5.41. The van der Waals surface area contributed by atoms with Gasteiger partial charge in [-0.3, -0.25) is 0 Å². The highest BCUT2D eigenvalue weighted by molar-refractivity contribution is 5.93. The van der Waals surface area contributed by atoms with Crippen molar-refractivity contribution in [3.05, 3.63) is 157 Å². The molecule has 1 aliphatic carbocycles. The normalized spacial score (nSPS) is 13.1. The van der Waals surface area contributed by atoms with Crippen molar-refractivity contribution in [3.8, 4) is 33.7 Å². The zero-order chi connectivity index (χ0) is 29.0. The number of fused-ring (bicyclic) bond motifs is 4. The Labute approximate surface area is 251 Å². The summed E-state index contributed by atoms with van der Waals surface area (Å²) < 4.78 is 6.15.